The van der Waals surface area contributed by atoms with Crippen molar-refractivity contribution in [2.75, 3.05) is 39.6 Å². The van der Waals surface area contributed by atoms with Gasteiger partial charge in [0.15, 0.2) is 12.2 Å². The average molecular weight is 1470 g/mol. The Labute approximate surface area is 613 Å². The van der Waals surface area contributed by atoms with Crippen LogP contribution in [0.25, 0.3) is 0 Å². The van der Waals surface area contributed by atoms with Crippen LogP contribution in [0.3, 0.4) is 0 Å². The van der Waals surface area contributed by atoms with Gasteiger partial charge in [-0.1, -0.05) is 364 Å². The maximum Gasteiger partial charge on any atom is 0.472 e. The molecule has 0 spiro atoms. The summed E-state index contributed by atoms with van der Waals surface area (Å²) in [7, 11) is -9.92. The van der Waals surface area contributed by atoms with Gasteiger partial charge in [-0.25, -0.2) is 9.13 Å². The van der Waals surface area contributed by atoms with E-state index >= 15 is 0 Å². The fraction of sp³-hybridized carbons (Fsp3) is 0.951. The number of phosphoric ester groups is 2. The molecule has 0 aliphatic rings. The van der Waals surface area contributed by atoms with Crippen LogP contribution in [-0.2, 0) is 65.4 Å². The number of hydrogen-bond acceptors (Lipinski definition) is 15. The van der Waals surface area contributed by atoms with Crippen LogP contribution in [0.2, 0.25) is 0 Å². The zero-order valence-corrected chi connectivity index (χ0v) is 67.6. The second-order valence-corrected chi connectivity index (χ2v) is 33.7. The van der Waals surface area contributed by atoms with Crippen LogP contribution in [0.4, 0.5) is 0 Å². The molecule has 0 aromatic heterocycles. The standard InChI is InChI=1S/C81H158O17P2/c1-9-74(8)60-52-44-39-40-46-54-62-79(84)92-68-77(98-81(86)64-56-48-38-32-26-25-29-35-43-51-59-73(6)7)70-96-100(89,90)94-66-75(82)65-93-99(87,88)95-69-76(97-80(85)63-55-47-37-31-24-20-16-12-14-18-22-28-34-42-50-58-72(4)5)67-91-78(83)61-53-45-36-30-23-19-15-11-10-13-17-21-27-33-41-49-57-71(2)3/h71-77,82H,9-70H2,1-8H3,(H,87,88)(H,89,90)/t74?,75-,76-,77-/m1/s1. The van der Waals surface area contributed by atoms with Crippen LogP contribution in [0.1, 0.15) is 415 Å². The summed E-state index contributed by atoms with van der Waals surface area (Å²) >= 11 is 0. The molecule has 0 aromatic carbocycles. The lowest BCUT2D eigenvalue weighted by atomic mass is 10.00. The molecular weight excluding hydrogens is 1310 g/mol. The number of esters is 4. The maximum atomic E-state index is 13.1. The number of phosphoric acid groups is 2. The quantitative estimate of drug-likeness (QED) is 0.0222. The minimum atomic E-state index is -4.96. The van der Waals surface area contributed by atoms with Crippen LogP contribution in [0.5, 0.6) is 0 Å². The number of unbranched alkanes of at least 4 members (excludes halogenated alkanes) is 43. The van der Waals surface area contributed by atoms with Gasteiger partial charge in [0.1, 0.15) is 19.3 Å². The molecule has 3 N–H and O–H groups in total. The molecule has 0 rings (SSSR count). The second kappa shape index (κ2) is 70.1. The molecule has 0 bridgehead atoms. The van der Waals surface area contributed by atoms with E-state index in [-0.39, 0.29) is 25.7 Å². The summed E-state index contributed by atoms with van der Waals surface area (Å²) in [4.78, 5) is 73.0. The zero-order chi connectivity index (χ0) is 73.8. The molecule has 0 amide bonds. The molecule has 17 nitrogen and oxygen atoms in total. The maximum absolute atomic E-state index is 13.1. The lowest BCUT2D eigenvalue weighted by Crippen LogP contribution is -2.30. The van der Waals surface area contributed by atoms with Crippen molar-refractivity contribution in [2.24, 2.45) is 23.7 Å². The van der Waals surface area contributed by atoms with Crippen molar-refractivity contribution < 1.29 is 80.2 Å². The van der Waals surface area contributed by atoms with E-state index in [1.165, 1.54) is 212 Å². The molecule has 19 heteroatoms. The van der Waals surface area contributed by atoms with E-state index in [2.05, 4.69) is 55.4 Å². The Bertz CT molecular complexity index is 1960. The first-order chi connectivity index (χ1) is 48.1. The van der Waals surface area contributed by atoms with Gasteiger partial charge in [-0.3, -0.25) is 37.3 Å². The third kappa shape index (κ3) is 73.0. The molecule has 0 saturated heterocycles. The zero-order valence-electron chi connectivity index (χ0n) is 65.8. The van der Waals surface area contributed by atoms with E-state index in [1.54, 1.807) is 0 Å². The van der Waals surface area contributed by atoms with E-state index in [0.717, 1.165) is 120 Å². The van der Waals surface area contributed by atoms with Crippen LogP contribution in [0, 0.1) is 23.7 Å². The lowest BCUT2D eigenvalue weighted by Gasteiger charge is -2.21. The van der Waals surface area contributed by atoms with Gasteiger partial charge >= 0.3 is 39.5 Å². The van der Waals surface area contributed by atoms with Crippen molar-refractivity contribution in [1.82, 2.24) is 0 Å². The topological polar surface area (TPSA) is 237 Å². The van der Waals surface area contributed by atoms with Gasteiger partial charge in [0, 0.05) is 25.7 Å². The Morgan fingerprint density at radius 1 is 0.280 bits per heavy atom. The largest absolute Gasteiger partial charge is 0.472 e. The Balaban J connectivity index is 5.24. The summed E-state index contributed by atoms with van der Waals surface area (Å²) in [5.74, 6) is 0.983. The van der Waals surface area contributed by atoms with Crippen LogP contribution in [-0.4, -0.2) is 96.7 Å². The summed E-state index contributed by atoms with van der Waals surface area (Å²) < 4.78 is 68.7. The molecule has 6 atom stereocenters. The molecule has 0 aromatic rings. The number of carbonyl (C=O) groups is 4. The highest BCUT2D eigenvalue weighted by Gasteiger charge is 2.30. The molecule has 594 valence electrons. The first kappa shape index (κ1) is 98.1. The fourth-order valence-corrected chi connectivity index (χ4v) is 14.0. The molecule has 0 saturated carbocycles. The van der Waals surface area contributed by atoms with Crippen molar-refractivity contribution in [3.05, 3.63) is 0 Å². The van der Waals surface area contributed by atoms with E-state index in [0.29, 0.717) is 25.7 Å². The number of aliphatic hydroxyl groups is 1. The number of ether oxygens (including phenoxy) is 4. The Morgan fingerprint density at radius 3 is 0.710 bits per heavy atom. The summed E-state index contributed by atoms with van der Waals surface area (Å²) in [6, 6.07) is 0. The smallest absolute Gasteiger partial charge is 0.462 e. The highest BCUT2D eigenvalue weighted by Crippen LogP contribution is 2.45. The van der Waals surface area contributed by atoms with E-state index < -0.39 is 97.5 Å². The van der Waals surface area contributed by atoms with E-state index in [9.17, 15) is 43.2 Å². The number of hydrogen-bond donors (Lipinski definition) is 3. The molecule has 3 unspecified atom stereocenters. The third-order valence-electron chi connectivity index (χ3n) is 19.2. The molecule has 0 aliphatic heterocycles. The third-order valence-corrected chi connectivity index (χ3v) is 21.1. The first-order valence-corrected chi connectivity index (χ1v) is 44.7. The SMILES string of the molecule is CCC(C)CCCCCCCCC(=O)OC[C@H](COP(=O)(O)OC[C@H](O)COP(=O)(O)OC[C@@H](COC(=O)CCCCCCCCCCCCCCCCCCC(C)C)OC(=O)CCCCCCCCCCCCCCCCCC(C)C)OC(=O)CCCCCCCCCCCCC(C)C. The number of aliphatic hydroxyl groups excluding tert-OH is 1. The van der Waals surface area contributed by atoms with Gasteiger partial charge < -0.3 is 33.8 Å². The van der Waals surface area contributed by atoms with E-state index in [4.69, 9.17) is 37.0 Å². The summed E-state index contributed by atoms with van der Waals surface area (Å²) in [5, 5.41) is 10.6. The van der Waals surface area contributed by atoms with Crippen molar-refractivity contribution in [3.8, 4) is 0 Å². The predicted octanol–water partition coefficient (Wildman–Crippen LogP) is 24.0. The monoisotopic (exact) mass is 1470 g/mol. The van der Waals surface area contributed by atoms with Gasteiger partial charge in [0.05, 0.1) is 26.4 Å². The van der Waals surface area contributed by atoms with Crippen LogP contribution in [0.15, 0.2) is 0 Å². The Morgan fingerprint density at radius 2 is 0.480 bits per heavy atom. The van der Waals surface area contributed by atoms with Crippen molar-refractivity contribution in [3.63, 3.8) is 0 Å². The number of carbonyl (C=O) groups excluding carboxylic acids is 4. The second-order valence-electron chi connectivity index (χ2n) is 30.8. The minimum Gasteiger partial charge on any atom is -0.462 e. The summed E-state index contributed by atoms with van der Waals surface area (Å²) in [5.41, 5.74) is 0. The average Bonchev–Trinajstić information content (AvgIpc) is 0.935. The van der Waals surface area contributed by atoms with Crippen LogP contribution >= 0.6 is 15.6 Å². The van der Waals surface area contributed by atoms with Crippen molar-refractivity contribution >= 4 is 39.5 Å². The highest BCUT2D eigenvalue weighted by molar-refractivity contribution is 7.47. The molecule has 0 fully saturated rings. The molecular formula is C81H158O17P2. The van der Waals surface area contributed by atoms with Gasteiger partial charge in [0.25, 0.3) is 0 Å². The fourth-order valence-electron chi connectivity index (χ4n) is 12.4. The van der Waals surface area contributed by atoms with Crippen molar-refractivity contribution in [1.29, 1.82) is 0 Å². The van der Waals surface area contributed by atoms with Gasteiger partial charge in [-0.05, 0) is 49.4 Å². The van der Waals surface area contributed by atoms with E-state index in [1.807, 2.05) is 0 Å². The Hall–Kier alpha value is -1.94. The van der Waals surface area contributed by atoms with Gasteiger partial charge in [-0.15, -0.1) is 0 Å². The number of rotatable bonds is 78. The molecule has 100 heavy (non-hydrogen) atoms. The lowest BCUT2D eigenvalue weighted by molar-refractivity contribution is -0.161. The summed E-state index contributed by atoms with van der Waals surface area (Å²) in [6.07, 6.45) is 57.0. The van der Waals surface area contributed by atoms with Crippen LogP contribution < -0.4 is 0 Å². The normalized spacial score (nSPS) is 14.3. The van der Waals surface area contributed by atoms with Crippen molar-refractivity contribution in [2.45, 2.75) is 433 Å². The summed E-state index contributed by atoms with van der Waals surface area (Å²) in [6.45, 7) is 14.2. The Kier molecular flexibility index (Phi) is 68.7. The highest BCUT2D eigenvalue weighted by atomic mass is 31.2. The van der Waals surface area contributed by atoms with Gasteiger partial charge in [-0.2, -0.15) is 0 Å². The molecule has 0 heterocycles. The predicted molar refractivity (Wildman–Crippen MR) is 409 cm³/mol. The molecule has 0 radical (unpaired) electrons. The molecule has 0 aliphatic carbocycles. The minimum absolute atomic E-state index is 0.105. The van der Waals surface area contributed by atoms with Gasteiger partial charge in [0.2, 0.25) is 0 Å². The first-order valence-electron chi connectivity index (χ1n) is 41.7.